The maximum absolute atomic E-state index is 13.1. The van der Waals surface area contributed by atoms with E-state index in [-0.39, 0.29) is 67.7 Å². The number of anilines is 2. The number of fused-ring (bicyclic) bond motifs is 2. The lowest BCUT2D eigenvalue weighted by atomic mass is 9.94. The summed E-state index contributed by atoms with van der Waals surface area (Å²) in [4.78, 5) is 47.3. The molecule has 4 amide bonds. The number of rotatable bonds is 6. The topological polar surface area (TPSA) is 249 Å². The van der Waals surface area contributed by atoms with Crippen molar-refractivity contribution in [2.24, 2.45) is 9.98 Å². The molecule has 0 fully saturated rings. The van der Waals surface area contributed by atoms with E-state index in [2.05, 4.69) is 20.6 Å². The zero-order valence-corrected chi connectivity index (χ0v) is 28.0. The van der Waals surface area contributed by atoms with Gasteiger partial charge in [0.2, 0.25) is 0 Å². The Morgan fingerprint density at radius 2 is 0.981 bits per heavy atom. The van der Waals surface area contributed by atoms with E-state index in [1.54, 1.807) is 0 Å². The Morgan fingerprint density at radius 3 is 1.37 bits per heavy atom. The molecule has 6 N–H and O–H groups in total. The molecule has 0 aromatic heterocycles. The van der Waals surface area contributed by atoms with Crippen molar-refractivity contribution in [2.45, 2.75) is 10.5 Å². The number of amides is 4. The summed E-state index contributed by atoms with van der Waals surface area (Å²) in [5.41, 5.74) is 1.06. The summed E-state index contributed by atoms with van der Waals surface area (Å²) in [6.45, 7) is 0. The molecule has 6 rings (SSSR count). The molecule has 0 saturated carbocycles. The first-order valence-corrected chi connectivity index (χ1v) is 18.1. The summed E-state index contributed by atoms with van der Waals surface area (Å²) in [7, 11) is -9.07. The molecular weight excluding hydrogens is 717 g/mol. The van der Waals surface area contributed by atoms with Crippen molar-refractivity contribution in [3.05, 3.63) is 143 Å². The third-order valence-electron chi connectivity index (χ3n) is 7.92. The predicted molar refractivity (Wildman–Crippen MR) is 190 cm³/mol. The monoisotopic (exact) mass is 742 g/mol. The molecule has 0 heterocycles. The van der Waals surface area contributed by atoms with E-state index in [4.69, 9.17) is 0 Å². The van der Waals surface area contributed by atoms with E-state index in [0.29, 0.717) is 0 Å². The molecule has 4 aromatic rings. The Bertz CT molecular complexity index is 2350. The summed E-state index contributed by atoms with van der Waals surface area (Å²) in [6.07, 6.45) is 4.82. The number of hydrogen-bond acceptors (Lipinski definition) is 9. The van der Waals surface area contributed by atoms with Crippen LogP contribution < -0.4 is 10.6 Å². The number of benzene rings is 4. The Kier molecular flexibility index (Phi) is 9.44. The second-order valence-electron chi connectivity index (χ2n) is 11.5. The molecular formula is C35H26N4O11S2. The summed E-state index contributed by atoms with van der Waals surface area (Å²) >= 11 is 0. The molecule has 15 nitrogen and oxygen atoms in total. The molecule has 52 heavy (non-hydrogen) atoms. The van der Waals surface area contributed by atoms with E-state index in [1.165, 1.54) is 97.1 Å². The van der Waals surface area contributed by atoms with Crippen LogP contribution in [0.25, 0.3) is 0 Å². The molecule has 4 aromatic carbocycles. The van der Waals surface area contributed by atoms with Crippen molar-refractivity contribution in [2.75, 3.05) is 10.6 Å². The standard InChI is InChI=1S/C35H26N4O11S2/c40-23-7-9-25-27(17-23)29(11-13-31(25)51(45,46)47)38-33(42)19-3-1-5-21(15-19)36-35(44)37-22-6-2-4-20(16-22)34(43)39-30-12-14-32(52(48,49)50)26-10-8-24(41)18-28(26)30/h1-18,31-32,40-41H,(H2,36,37,44)(H,45,46,47)(H,48,49,50). The highest BCUT2D eigenvalue weighted by atomic mass is 32.2. The highest BCUT2D eigenvalue weighted by molar-refractivity contribution is 7.86. The van der Waals surface area contributed by atoms with Gasteiger partial charge in [-0.1, -0.05) is 36.4 Å². The number of carbonyl (C=O) groups excluding carboxylic acids is 3. The minimum absolute atomic E-state index is 0.0376. The van der Waals surface area contributed by atoms with Crippen LogP contribution >= 0.6 is 0 Å². The Balaban J connectivity index is 1.16. The predicted octanol–water partition coefficient (Wildman–Crippen LogP) is 5.00. The average Bonchev–Trinajstić information content (AvgIpc) is 3.07. The zero-order chi connectivity index (χ0) is 37.4. The molecule has 0 bridgehead atoms. The fraction of sp³-hybridized carbons (Fsp3) is 0.0571. The summed E-state index contributed by atoms with van der Waals surface area (Å²) in [5, 5.41) is 22.3. The number of allylic oxidation sites excluding steroid dienone is 2. The Hall–Kier alpha value is -6.27. The van der Waals surface area contributed by atoms with Crippen LogP contribution in [0.4, 0.5) is 16.2 Å². The van der Waals surface area contributed by atoms with Crippen molar-refractivity contribution < 1.29 is 50.5 Å². The normalized spacial score (nSPS) is 18.0. The minimum atomic E-state index is -4.54. The van der Waals surface area contributed by atoms with Crippen LogP contribution in [-0.4, -0.2) is 65.4 Å². The minimum Gasteiger partial charge on any atom is -0.508 e. The van der Waals surface area contributed by atoms with E-state index in [1.807, 2.05) is 0 Å². The van der Waals surface area contributed by atoms with Gasteiger partial charge in [0, 0.05) is 33.6 Å². The van der Waals surface area contributed by atoms with Crippen molar-refractivity contribution in [3.63, 3.8) is 0 Å². The van der Waals surface area contributed by atoms with E-state index in [0.717, 1.165) is 12.2 Å². The lowest BCUT2D eigenvalue weighted by Gasteiger charge is -2.19. The van der Waals surface area contributed by atoms with Gasteiger partial charge >= 0.3 is 6.03 Å². The van der Waals surface area contributed by atoms with Crippen LogP contribution in [-0.2, 0) is 20.2 Å². The molecule has 264 valence electrons. The van der Waals surface area contributed by atoms with Gasteiger partial charge in [0.25, 0.3) is 32.1 Å². The maximum atomic E-state index is 13.1. The van der Waals surface area contributed by atoms with Gasteiger partial charge in [-0.05, 0) is 83.9 Å². The van der Waals surface area contributed by atoms with Crippen molar-refractivity contribution in [1.29, 1.82) is 0 Å². The fourth-order valence-electron chi connectivity index (χ4n) is 5.59. The van der Waals surface area contributed by atoms with Crippen LogP contribution in [0.3, 0.4) is 0 Å². The van der Waals surface area contributed by atoms with Crippen molar-refractivity contribution in [3.8, 4) is 11.5 Å². The highest BCUT2D eigenvalue weighted by Gasteiger charge is 2.31. The first-order chi connectivity index (χ1) is 24.6. The summed E-state index contributed by atoms with van der Waals surface area (Å²) in [5.74, 6) is -1.94. The molecule has 2 aliphatic rings. The van der Waals surface area contributed by atoms with Crippen molar-refractivity contribution >= 4 is 60.9 Å². The van der Waals surface area contributed by atoms with Gasteiger partial charge in [0.05, 0.1) is 11.4 Å². The van der Waals surface area contributed by atoms with Crippen LogP contribution in [0.15, 0.2) is 119 Å². The first-order valence-electron chi connectivity index (χ1n) is 15.1. The lowest BCUT2D eigenvalue weighted by molar-refractivity contribution is 0.0995. The Labute approximate surface area is 295 Å². The molecule has 0 spiro atoms. The maximum Gasteiger partial charge on any atom is 0.323 e. The third kappa shape index (κ3) is 7.72. The number of aromatic hydroxyl groups is 2. The molecule has 2 unspecified atom stereocenters. The zero-order valence-electron chi connectivity index (χ0n) is 26.4. The van der Waals surface area contributed by atoms with Crippen LogP contribution in [0.1, 0.15) is 53.5 Å². The van der Waals surface area contributed by atoms with Gasteiger partial charge in [-0.3, -0.25) is 18.7 Å². The number of aliphatic imine (C=N–C) groups is 2. The lowest BCUT2D eigenvalue weighted by Crippen LogP contribution is -2.20. The van der Waals surface area contributed by atoms with Crippen LogP contribution in [0.2, 0.25) is 0 Å². The Morgan fingerprint density at radius 1 is 0.577 bits per heavy atom. The highest BCUT2D eigenvalue weighted by Crippen LogP contribution is 2.34. The van der Waals surface area contributed by atoms with Gasteiger partial charge in [-0.25, -0.2) is 14.8 Å². The number of hydrogen-bond donors (Lipinski definition) is 6. The summed E-state index contributed by atoms with van der Waals surface area (Å²) < 4.78 is 66.7. The molecule has 17 heteroatoms. The number of phenolic OH excluding ortho intramolecular Hbond substituents is 2. The average molecular weight is 743 g/mol. The number of urea groups is 1. The largest absolute Gasteiger partial charge is 0.508 e. The molecule has 2 aliphatic carbocycles. The van der Waals surface area contributed by atoms with Gasteiger partial charge in [0.15, 0.2) is 0 Å². The second-order valence-corrected chi connectivity index (χ2v) is 14.6. The number of carbonyl (C=O) groups is 3. The van der Waals surface area contributed by atoms with Gasteiger partial charge in [-0.15, -0.1) is 0 Å². The third-order valence-corrected chi connectivity index (χ3v) is 10.0. The van der Waals surface area contributed by atoms with Gasteiger partial charge in [0.1, 0.15) is 22.0 Å². The SMILES string of the molecule is O=C(Nc1cccc(C(=O)N=C2C=CC(S(=O)(=O)O)c3ccc(O)cc32)c1)Nc1cccc(C(=O)N=C2C=CC(S(=O)(=O)O)c3ccc(O)cc32)c1. The van der Waals surface area contributed by atoms with Crippen LogP contribution in [0, 0.1) is 0 Å². The molecule has 0 saturated heterocycles. The fourth-order valence-corrected chi connectivity index (χ4v) is 7.20. The van der Waals surface area contributed by atoms with E-state index >= 15 is 0 Å². The molecule has 0 aliphatic heterocycles. The van der Waals surface area contributed by atoms with Crippen molar-refractivity contribution in [1.82, 2.24) is 0 Å². The van der Waals surface area contributed by atoms with Gasteiger partial charge in [-0.2, -0.15) is 16.8 Å². The molecule has 0 radical (unpaired) electrons. The van der Waals surface area contributed by atoms with E-state index in [9.17, 15) is 50.5 Å². The van der Waals surface area contributed by atoms with Crippen LogP contribution in [0.5, 0.6) is 11.5 Å². The number of phenols is 2. The van der Waals surface area contributed by atoms with E-state index < -0.39 is 48.6 Å². The second kappa shape index (κ2) is 13.8. The smallest absolute Gasteiger partial charge is 0.323 e. The first kappa shape index (κ1) is 35.6. The summed E-state index contributed by atoms with van der Waals surface area (Å²) in [6, 6.07) is 18.4. The quantitative estimate of drug-likeness (QED) is 0.143. The number of nitrogens with zero attached hydrogens (tertiary/aromatic N) is 2. The van der Waals surface area contributed by atoms with Gasteiger partial charge < -0.3 is 20.8 Å². The molecule has 2 atom stereocenters. The number of nitrogens with one attached hydrogen (secondary N) is 2.